The Labute approximate surface area is 129 Å². The summed E-state index contributed by atoms with van der Waals surface area (Å²) in [5, 5.41) is 0. The third-order valence-corrected chi connectivity index (χ3v) is 3.15. The Bertz CT molecular complexity index is 725. The molecule has 0 radical (unpaired) electrons. The highest BCUT2D eigenvalue weighted by atomic mass is 19.4. The standard InChI is InChI=1S/C14H8F8N2/c15-11-7(1-5(3-9(11)23)13(17,18)19)8-2-6(14(20,21)22)4-10(24)12(8)16/h1-4H,23-24H2. The van der Waals surface area contributed by atoms with E-state index in [0.717, 1.165) is 0 Å². The predicted molar refractivity (Wildman–Crippen MR) is 70.6 cm³/mol. The Balaban J connectivity index is 2.81. The molecule has 2 aromatic rings. The van der Waals surface area contributed by atoms with Gasteiger partial charge in [0.25, 0.3) is 0 Å². The number of anilines is 2. The lowest BCUT2D eigenvalue weighted by atomic mass is 9.97. The number of nitrogen functional groups attached to an aromatic ring is 2. The molecule has 10 heteroatoms. The molecule has 0 spiro atoms. The monoisotopic (exact) mass is 356 g/mol. The van der Waals surface area contributed by atoms with Crippen LogP contribution in [0.3, 0.4) is 0 Å². The van der Waals surface area contributed by atoms with Crippen LogP contribution in [0.15, 0.2) is 24.3 Å². The van der Waals surface area contributed by atoms with E-state index >= 15 is 0 Å². The molecule has 0 saturated heterocycles. The molecule has 0 aliphatic heterocycles. The smallest absolute Gasteiger partial charge is 0.396 e. The van der Waals surface area contributed by atoms with Crippen LogP contribution in [-0.4, -0.2) is 0 Å². The molecule has 0 atom stereocenters. The first-order chi connectivity index (χ1) is 10.8. The average Bonchev–Trinajstić information content (AvgIpc) is 2.42. The van der Waals surface area contributed by atoms with Crippen LogP contribution in [0.5, 0.6) is 0 Å². The van der Waals surface area contributed by atoms with Crippen molar-refractivity contribution in [3.8, 4) is 11.1 Å². The molecule has 24 heavy (non-hydrogen) atoms. The van der Waals surface area contributed by atoms with E-state index in [-0.39, 0.29) is 24.3 Å². The third-order valence-electron chi connectivity index (χ3n) is 3.15. The topological polar surface area (TPSA) is 52.0 Å². The van der Waals surface area contributed by atoms with Gasteiger partial charge in [-0.15, -0.1) is 0 Å². The maximum absolute atomic E-state index is 14.0. The Kier molecular flexibility index (Phi) is 4.11. The summed E-state index contributed by atoms with van der Waals surface area (Å²) in [6, 6.07) is 0.856. The molecule has 0 amide bonds. The van der Waals surface area contributed by atoms with Crippen LogP contribution in [-0.2, 0) is 12.4 Å². The van der Waals surface area contributed by atoms with Crippen molar-refractivity contribution in [2.24, 2.45) is 0 Å². The maximum Gasteiger partial charge on any atom is 0.416 e. The van der Waals surface area contributed by atoms with Gasteiger partial charge in [-0.3, -0.25) is 0 Å². The fourth-order valence-corrected chi connectivity index (χ4v) is 2.01. The quantitative estimate of drug-likeness (QED) is 0.568. The van der Waals surface area contributed by atoms with Gasteiger partial charge in [0.1, 0.15) is 0 Å². The Morgan fingerprint density at radius 3 is 1.12 bits per heavy atom. The van der Waals surface area contributed by atoms with E-state index in [2.05, 4.69) is 0 Å². The van der Waals surface area contributed by atoms with Crippen molar-refractivity contribution in [1.29, 1.82) is 0 Å². The minimum absolute atomic E-state index is 0.170. The number of benzene rings is 2. The van der Waals surface area contributed by atoms with E-state index in [9.17, 15) is 35.1 Å². The van der Waals surface area contributed by atoms with Crippen LogP contribution in [0.1, 0.15) is 11.1 Å². The average molecular weight is 356 g/mol. The van der Waals surface area contributed by atoms with Gasteiger partial charge >= 0.3 is 12.4 Å². The number of hydrogen-bond donors (Lipinski definition) is 2. The minimum Gasteiger partial charge on any atom is -0.396 e. The molecule has 2 aromatic carbocycles. The first kappa shape index (κ1) is 17.8. The third kappa shape index (κ3) is 3.22. The number of hydrogen-bond acceptors (Lipinski definition) is 2. The van der Waals surface area contributed by atoms with Crippen molar-refractivity contribution >= 4 is 11.4 Å². The summed E-state index contributed by atoms with van der Waals surface area (Å²) in [5.74, 6) is -2.97. The van der Waals surface area contributed by atoms with Crippen molar-refractivity contribution in [2.45, 2.75) is 12.4 Å². The molecular weight excluding hydrogens is 348 g/mol. The van der Waals surface area contributed by atoms with Gasteiger partial charge in [-0.1, -0.05) is 0 Å². The molecule has 2 rings (SSSR count). The lowest BCUT2D eigenvalue weighted by Crippen LogP contribution is -2.10. The number of alkyl halides is 6. The van der Waals surface area contributed by atoms with Crippen LogP contribution < -0.4 is 11.5 Å². The van der Waals surface area contributed by atoms with Crippen LogP contribution in [0.4, 0.5) is 46.5 Å². The Morgan fingerprint density at radius 1 is 0.583 bits per heavy atom. The summed E-state index contributed by atoms with van der Waals surface area (Å²) in [4.78, 5) is 0. The van der Waals surface area contributed by atoms with E-state index in [4.69, 9.17) is 11.5 Å². The molecule has 0 unspecified atom stereocenters. The summed E-state index contributed by atoms with van der Waals surface area (Å²) < 4.78 is 105. The molecule has 0 bridgehead atoms. The van der Waals surface area contributed by atoms with Crippen molar-refractivity contribution in [1.82, 2.24) is 0 Å². The summed E-state index contributed by atoms with van der Waals surface area (Å²) in [7, 11) is 0. The van der Waals surface area contributed by atoms with E-state index in [1.54, 1.807) is 0 Å². The van der Waals surface area contributed by atoms with Gasteiger partial charge in [0.2, 0.25) is 0 Å². The van der Waals surface area contributed by atoms with Crippen molar-refractivity contribution < 1.29 is 35.1 Å². The SMILES string of the molecule is Nc1cc(C(F)(F)F)cc(-c2cc(C(F)(F)F)cc(N)c2F)c1F. The van der Waals surface area contributed by atoms with Gasteiger partial charge in [0.05, 0.1) is 22.5 Å². The first-order valence-electron chi connectivity index (χ1n) is 6.15. The fraction of sp³-hybridized carbons (Fsp3) is 0.143. The van der Waals surface area contributed by atoms with E-state index in [1.807, 2.05) is 0 Å². The lowest BCUT2D eigenvalue weighted by molar-refractivity contribution is -0.138. The number of nitrogens with two attached hydrogens (primary N) is 2. The van der Waals surface area contributed by atoms with Gasteiger partial charge in [-0.25, -0.2) is 8.78 Å². The molecule has 0 heterocycles. The van der Waals surface area contributed by atoms with Gasteiger partial charge in [0, 0.05) is 11.1 Å². The van der Waals surface area contributed by atoms with Crippen LogP contribution in [0.25, 0.3) is 11.1 Å². The number of halogens is 8. The van der Waals surface area contributed by atoms with E-state index in [1.165, 1.54) is 0 Å². The maximum atomic E-state index is 14.0. The molecule has 0 aliphatic rings. The van der Waals surface area contributed by atoms with Gasteiger partial charge in [-0.05, 0) is 24.3 Å². The Morgan fingerprint density at radius 2 is 0.875 bits per heavy atom. The Hall–Kier alpha value is -2.52. The second kappa shape index (κ2) is 5.53. The summed E-state index contributed by atoms with van der Waals surface area (Å²) in [6.07, 6.45) is -9.92. The zero-order valence-corrected chi connectivity index (χ0v) is 11.5. The molecule has 2 nitrogen and oxygen atoms in total. The normalized spacial score (nSPS) is 12.5. The van der Waals surface area contributed by atoms with Gasteiger partial charge in [0.15, 0.2) is 11.6 Å². The van der Waals surface area contributed by atoms with Gasteiger partial charge in [-0.2, -0.15) is 26.3 Å². The van der Waals surface area contributed by atoms with Crippen molar-refractivity contribution in [2.75, 3.05) is 11.5 Å². The van der Waals surface area contributed by atoms with Crippen molar-refractivity contribution in [3.05, 3.63) is 47.0 Å². The molecule has 130 valence electrons. The van der Waals surface area contributed by atoms with Crippen LogP contribution in [0.2, 0.25) is 0 Å². The highest BCUT2D eigenvalue weighted by Crippen LogP contribution is 2.40. The molecular formula is C14H8F8N2. The van der Waals surface area contributed by atoms with Crippen LogP contribution >= 0.6 is 0 Å². The predicted octanol–water partition coefficient (Wildman–Crippen LogP) is 4.83. The minimum atomic E-state index is -4.96. The summed E-state index contributed by atoms with van der Waals surface area (Å²) in [5.41, 5.74) is 3.23. The van der Waals surface area contributed by atoms with Gasteiger partial charge < -0.3 is 11.5 Å². The molecule has 4 N–H and O–H groups in total. The fourth-order valence-electron chi connectivity index (χ4n) is 2.01. The highest BCUT2D eigenvalue weighted by Gasteiger charge is 2.35. The molecule has 0 aliphatic carbocycles. The lowest BCUT2D eigenvalue weighted by Gasteiger charge is -2.15. The highest BCUT2D eigenvalue weighted by molar-refractivity contribution is 5.74. The van der Waals surface area contributed by atoms with Crippen LogP contribution in [0, 0.1) is 11.6 Å². The second-order valence-corrected chi connectivity index (χ2v) is 4.85. The summed E-state index contributed by atoms with van der Waals surface area (Å²) in [6.45, 7) is 0. The zero-order chi connectivity index (χ0) is 18.4. The molecule has 0 fully saturated rings. The molecule has 0 saturated carbocycles. The molecule has 0 aromatic heterocycles. The first-order valence-corrected chi connectivity index (χ1v) is 6.15. The second-order valence-electron chi connectivity index (χ2n) is 4.85. The largest absolute Gasteiger partial charge is 0.416 e. The van der Waals surface area contributed by atoms with E-state index < -0.39 is 57.6 Å². The zero-order valence-electron chi connectivity index (χ0n) is 11.5. The van der Waals surface area contributed by atoms with Crippen molar-refractivity contribution in [3.63, 3.8) is 0 Å². The van der Waals surface area contributed by atoms with E-state index in [0.29, 0.717) is 0 Å². The summed E-state index contributed by atoms with van der Waals surface area (Å²) >= 11 is 0. The number of rotatable bonds is 1.